The van der Waals surface area contributed by atoms with Crippen LogP contribution < -0.4 is 20.5 Å². The average molecular weight is 371 g/mol. The molecule has 3 atom stereocenters. The molecule has 3 heterocycles. The van der Waals surface area contributed by atoms with Crippen LogP contribution in [0.25, 0.3) is 0 Å². The van der Waals surface area contributed by atoms with E-state index in [9.17, 15) is 4.79 Å². The molecule has 1 aromatic heterocycles. The van der Waals surface area contributed by atoms with E-state index in [1.54, 1.807) is 9.58 Å². The summed E-state index contributed by atoms with van der Waals surface area (Å²) >= 11 is 0. The zero-order chi connectivity index (χ0) is 19.0. The summed E-state index contributed by atoms with van der Waals surface area (Å²) in [6, 6.07) is 7.31. The first-order valence-electron chi connectivity index (χ1n) is 9.11. The lowest BCUT2D eigenvalue weighted by molar-refractivity contribution is 0.00816. The maximum absolute atomic E-state index is 12.6. The van der Waals surface area contributed by atoms with Crippen LogP contribution in [0.5, 0.6) is 11.5 Å². The molecule has 144 valence electrons. The first-order chi connectivity index (χ1) is 12.9. The molecule has 0 bridgehead atoms. The van der Waals surface area contributed by atoms with Crippen molar-refractivity contribution in [3.8, 4) is 11.5 Å². The van der Waals surface area contributed by atoms with Crippen LogP contribution in [0.3, 0.4) is 0 Å². The van der Waals surface area contributed by atoms with Gasteiger partial charge in [0.2, 0.25) is 0 Å². The summed E-state index contributed by atoms with van der Waals surface area (Å²) in [5, 5.41) is 7.17. The maximum atomic E-state index is 12.6. The number of rotatable bonds is 3. The number of amides is 2. The zero-order valence-electron chi connectivity index (χ0n) is 15.6. The highest BCUT2D eigenvalue weighted by molar-refractivity contribution is 5.75. The second-order valence-electron chi connectivity index (χ2n) is 7.57. The van der Waals surface area contributed by atoms with Crippen LogP contribution >= 0.6 is 0 Å². The number of ether oxygens (including phenoxy) is 2. The van der Waals surface area contributed by atoms with Gasteiger partial charge < -0.3 is 25.4 Å². The van der Waals surface area contributed by atoms with Crippen LogP contribution in [0, 0.1) is 0 Å². The molecule has 0 aliphatic carbocycles. The first-order valence-corrected chi connectivity index (χ1v) is 9.11. The fourth-order valence-corrected chi connectivity index (χ4v) is 3.62. The SMILES string of the molecule is Cn1cc([C@@H]2CN(C(=O)NCC3(C)COc4ccccc4O3)C[C@H]2N)cn1. The lowest BCUT2D eigenvalue weighted by atomic mass is 9.98. The van der Waals surface area contributed by atoms with Gasteiger partial charge in [-0.2, -0.15) is 5.10 Å². The summed E-state index contributed by atoms with van der Waals surface area (Å²) in [6.45, 7) is 3.75. The number of carbonyl (C=O) groups excluding carboxylic acids is 1. The van der Waals surface area contributed by atoms with Crippen molar-refractivity contribution in [3.05, 3.63) is 42.2 Å². The molecule has 8 nitrogen and oxygen atoms in total. The number of likely N-dealkylation sites (tertiary alicyclic amines) is 1. The third kappa shape index (κ3) is 3.57. The van der Waals surface area contributed by atoms with Crippen molar-refractivity contribution in [2.45, 2.75) is 24.5 Å². The summed E-state index contributed by atoms with van der Waals surface area (Å²) in [7, 11) is 1.87. The lowest BCUT2D eigenvalue weighted by Crippen LogP contribution is -2.53. The topological polar surface area (TPSA) is 94.6 Å². The molecule has 0 saturated carbocycles. The van der Waals surface area contributed by atoms with E-state index in [1.165, 1.54) is 0 Å². The van der Waals surface area contributed by atoms with Crippen molar-refractivity contribution in [2.24, 2.45) is 12.8 Å². The Kier molecular flexibility index (Phi) is 4.43. The van der Waals surface area contributed by atoms with E-state index >= 15 is 0 Å². The summed E-state index contributed by atoms with van der Waals surface area (Å²) in [5.41, 5.74) is 6.71. The number of nitrogens with two attached hydrogens (primary N) is 1. The van der Waals surface area contributed by atoms with Gasteiger partial charge in [-0.3, -0.25) is 4.68 Å². The van der Waals surface area contributed by atoms with Crippen LogP contribution in [-0.4, -0.2) is 58.6 Å². The van der Waals surface area contributed by atoms with E-state index in [1.807, 2.05) is 50.6 Å². The van der Waals surface area contributed by atoms with Gasteiger partial charge in [0.05, 0.1) is 12.7 Å². The van der Waals surface area contributed by atoms with Crippen molar-refractivity contribution >= 4 is 6.03 Å². The number of fused-ring (bicyclic) bond motifs is 1. The highest BCUT2D eigenvalue weighted by Crippen LogP contribution is 2.34. The normalized spacial score (nSPS) is 26.9. The molecule has 4 rings (SSSR count). The Balaban J connectivity index is 1.35. The van der Waals surface area contributed by atoms with Gasteiger partial charge in [-0.15, -0.1) is 0 Å². The number of nitrogens with zero attached hydrogens (tertiary/aromatic N) is 3. The molecule has 1 saturated heterocycles. The molecule has 0 radical (unpaired) electrons. The molecule has 8 heteroatoms. The van der Waals surface area contributed by atoms with Crippen LogP contribution in [0.15, 0.2) is 36.7 Å². The monoisotopic (exact) mass is 371 g/mol. The number of para-hydroxylation sites is 2. The second-order valence-corrected chi connectivity index (χ2v) is 7.57. The molecule has 27 heavy (non-hydrogen) atoms. The minimum Gasteiger partial charge on any atom is -0.485 e. The van der Waals surface area contributed by atoms with Gasteiger partial charge in [0, 0.05) is 38.3 Å². The Morgan fingerprint density at radius 2 is 2.15 bits per heavy atom. The Morgan fingerprint density at radius 1 is 1.37 bits per heavy atom. The summed E-state index contributed by atoms with van der Waals surface area (Å²) < 4.78 is 13.6. The molecule has 0 spiro atoms. The van der Waals surface area contributed by atoms with Gasteiger partial charge in [0.15, 0.2) is 17.1 Å². The summed E-state index contributed by atoms with van der Waals surface area (Å²) in [6.07, 6.45) is 3.77. The highest BCUT2D eigenvalue weighted by Gasteiger charge is 2.37. The molecule has 2 amide bonds. The minimum atomic E-state index is -0.616. The van der Waals surface area contributed by atoms with Crippen LogP contribution in [0.4, 0.5) is 4.79 Å². The largest absolute Gasteiger partial charge is 0.485 e. The van der Waals surface area contributed by atoms with Crippen molar-refractivity contribution in [3.63, 3.8) is 0 Å². The smallest absolute Gasteiger partial charge is 0.317 e. The van der Waals surface area contributed by atoms with E-state index in [4.69, 9.17) is 15.2 Å². The van der Waals surface area contributed by atoms with E-state index in [0.717, 1.165) is 11.3 Å². The molecular formula is C19H25N5O3. The predicted octanol–water partition coefficient (Wildman–Crippen LogP) is 1.09. The first kappa shape index (κ1) is 17.7. The Hall–Kier alpha value is -2.74. The van der Waals surface area contributed by atoms with Gasteiger partial charge >= 0.3 is 6.03 Å². The number of aryl methyl sites for hydroxylation is 1. The number of carbonyl (C=O) groups is 1. The van der Waals surface area contributed by atoms with Gasteiger partial charge in [0.25, 0.3) is 0 Å². The van der Waals surface area contributed by atoms with Crippen LogP contribution in [0.1, 0.15) is 18.4 Å². The number of benzene rings is 1. The van der Waals surface area contributed by atoms with Crippen molar-refractivity contribution in [2.75, 3.05) is 26.2 Å². The molecule has 2 aliphatic heterocycles. The Bertz CT molecular complexity index is 838. The Morgan fingerprint density at radius 3 is 2.89 bits per heavy atom. The van der Waals surface area contributed by atoms with Gasteiger partial charge in [-0.25, -0.2) is 4.79 Å². The fourth-order valence-electron chi connectivity index (χ4n) is 3.62. The summed E-state index contributed by atoms with van der Waals surface area (Å²) in [4.78, 5) is 14.4. The van der Waals surface area contributed by atoms with Crippen LogP contribution in [0.2, 0.25) is 0 Å². The molecule has 1 aromatic carbocycles. The number of hydrogen-bond donors (Lipinski definition) is 2. The molecule has 2 aliphatic rings. The van der Waals surface area contributed by atoms with Crippen LogP contribution in [-0.2, 0) is 7.05 Å². The van der Waals surface area contributed by atoms with Crippen molar-refractivity contribution in [1.29, 1.82) is 0 Å². The van der Waals surface area contributed by atoms with E-state index < -0.39 is 5.60 Å². The zero-order valence-corrected chi connectivity index (χ0v) is 15.6. The van der Waals surface area contributed by atoms with Crippen molar-refractivity contribution < 1.29 is 14.3 Å². The quantitative estimate of drug-likeness (QED) is 0.842. The Labute approximate surface area is 158 Å². The standard InChI is InChI=1S/C19H25N5O3/c1-19(12-26-16-5-3-4-6-17(16)27-19)11-21-18(25)24-9-14(15(20)10-24)13-7-22-23(2)8-13/h3-8,14-15H,9-12,20H2,1-2H3,(H,21,25)/t14-,15+,19?/m0/s1. The molecule has 1 fully saturated rings. The maximum Gasteiger partial charge on any atom is 0.317 e. The average Bonchev–Trinajstić information content (AvgIpc) is 3.25. The third-order valence-electron chi connectivity index (χ3n) is 5.16. The lowest BCUT2D eigenvalue weighted by Gasteiger charge is -2.35. The van der Waals surface area contributed by atoms with Gasteiger partial charge in [-0.05, 0) is 24.6 Å². The van der Waals surface area contributed by atoms with E-state index in [2.05, 4.69) is 10.4 Å². The second kappa shape index (κ2) is 6.77. The number of aromatic nitrogens is 2. The van der Waals surface area contributed by atoms with E-state index in [0.29, 0.717) is 32.0 Å². The minimum absolute atomic E-state index is 0.0983. The number of nitrogens with one attached hydrogen (secondary N) is 1. The predicted molar refractivity (Wildman–Crippen MR) is 99.9 cm³/mol. The van der Waals surface area contributed by atoms with Gasteiger partial charge in [-0.1, -0.05) is 12.1 Å². The molecule has 1 unspecified atom stereocenters. The van der Waals surface area contributed by atoms with Gasteiger partial charge in [0.1, 0.15) is 6.61 Å². The highest BCUT2D eigenvalue weighted by atomic mass is 16.6. The van der Waals surface area contributed by atoms with E-state index in [-0.39, 0.29) is 18.0 Å². The number of hydrogen-bond acceptors (Lipinski definition) is 5. The molecule has 3 N–H and O–H groups in total. The van der Waals surface area contributed by atoms with Crippen molar-refractivity contribution in [1.82, 2.24) is 20.0 Å². The number of urea groups is 1. The summed E-state index contributed by atoms with van der Waals surface area (Å²) in [5.74, 6) is 1.52. The molecular weight excluding hydrogens is 346 g/mol. The fraction of sp³-hybridized carbons (Fsp3) is 0.474. The third-order valence-corrected chi connectivity index (χ3v) is 5.16. The molecule has 2 aromatic rings.